The minimum absolute atomic E-state index is 0.558. The van der Waals surface area contributed by atoms with Gasteiger partial charge in [0.15, 0.2) is 5.75 Å². The van der Waals surface area contributed by atoms with Crippen LogP contribution in [0.2, 0.25) is 0 Å². The second kappa shape index (κ2) is 4.11. The Morgan fingerprint density at radius 3 is 2.17 bits per heavy atom. The standard InChI is InChI=1S/C7H7Br2NO2/c1-11-6-2-5(9)7(12-10)3-4(6)8/h2-3H,10H2,1H3. The molecular formula is C7H7Br2NO2. The second-order valence-electron chi connectivity index (χ2n) is 2.04. The van der Waals surface area contributed by atoms with Crippen LogP contribution in [-0.4, -0.2) is 7.11 Å². The molecule has 0 radical (unpaired) electrons. The summed E-state index contributed by atoms with van der Waals surface area (Å²) in [4.78, 5) is 4.59. The molecule has 3 nitrogen and oxygen atoms in total. The molecule has 66 valence electrons. The molecule has 0 aromatic heterocycles. The summed E-state index contributed by atoms with van der Waals surface area (Å²) in [7, 11) is 1.59. The Morgan fingerprint density at radius 2 is 1.67 bits per heavy atom. The van der Waals surface area contributed by atoms with Gasteiger partial charge in [0, 0.05) is 6.07 Å². The Hall–Kier alpha value is -0.260. The van der Waals surface area contributed by atoms with E-state index in [1.165, 1.54) is 0 Å². The minimum Gasteiger partial charge on any atom is -0.496 e. The highest BCUT2D eigenvalue weighted by Crippen LogP contribution is 2.35. The van der Waals surface area contributed by atoms with Gasteiger partial charge >= 0.3 is 0 Å². The average molecular weight is 297 g/mol. The molecule has 5 heteroatoms. The van der Waals surface area contributed by atoms with Crippen LogP contribution in [0.1, 0.15) is 0 Å². The van der Waals surface area contributed by atoms with Gasteiger partial charge < -0.3 is 9.57 Å². The molecule has 2 N–H and O–H groups in total. The summed E-state index contributed by atoms with van der Waals surface area (Å²) in [5, 5.41) is 0. The normalized spacial score (nSPS) is 9.67. The van der Waals surface area contributed by atoms with Gasteiger partial charge in [0.2, 0.25) is 0 Å². The first-order valence-corrected chi connectivity index (χ1v) is 4.67. The zero-order chi connectivity index (χ0) is 9.14. The summed E-state index contributed by atoms with van der Waals surface area (Å²) in [5.41, 5.74) is 0. The minimum atomic E-state index is 0.558. The molecule has 0 atom stereocenters. The van der Waals surface area contributed by atoms with Gasteiger partial charge in [0.25, 0.3) is 0 Å². The highest BCUT2D eigenvalue weighted by molar-refractivity contribution is 9.11. The highest BCUT2D eigenvalue weighted by atomic mass is 79.9. The SMILES string of the molecule is COc1cc(Br)c(ON)cc1Br. The average Bonchev–Trinajstić information content (AvgIpc) is 2.08. The first-order chi connectivity index (χ1) is 5.69. The lowest BCUT2D eigenvalue weighted by molar-refractivity contribution is 0.330. The number of hydrogen-bond donors (Lipinski definition) is 1. The van der Waals surface area contributed by atoms with Crippen LogP contribution in [0.5, 0.6) is 11.5 Å². The van der Waals surface area contributed by atoms with E-state index >= 15 is 0 Å². The summed E-state index contributed by atoms with van der Waals surface area (Å²) >= 11 is 6.58. The van der Waals surface area contributed by atoms with Crippen molar-refractivity contribution in [1.82, 2.24) is 0 Å². The number of methoxy groups -OCH3 is 1. The third kappa shape index (κ3) is 1.91. The van der Waals surface area contributed by atoms with Crippen molar-refractivity contribution in [3.05, 3.63) is 21.1 Å². The zero-order valence-electron chi connectivity index (χ0n) is 6.30. The topological polar surface area (TPSA) is 44.5 Å². The molecule has 12 heavy (non-hydrogen) atoms. The first kappa shape index (κ1) is 9.83. The summed E-state index contributed by atoms with van der Waals surface area (Å²) in [5.74, 6) is 6.30. The van der Waals surface area contributed by atoms with Gasteiger partial charge in [-0.2, -0.15) is 5.90 Å². The Bertz CT molecular complexity index is 261. The Morgan fingerprint density at radius 1 is 1.17 bits per heavy atom. The van der Waals surface area contributed by atoms with E-state index in [0.717, 1.165) is 14.7 Å². The molecule has 0 aliphatic carbocycles. The van der Waals surface area contributed by atoms with E-state index in [1.54, 1.807) is 19.2 Å². The van der Waals surface area contributed by atoms with Crippen molar-refractivity contribution in [3.8, 4) is 11.5 Å². The maximum atomic E-state index is 5.05. The number of benzene rings is 1. The van der Waals surface area contributed by atoms with Crippen LogP contribution >= 0.6 is 31.9 Å². The molecule has 0 saturated heterocycles. The molecule has 0 spiro atoms. The van der Waals surface area contributed by atoms with E-state index in [1.807, 2.05) is 0 Å². The van der Waals surface area contributed by atoms with Crippen molar-refractivity contribution < 1.29 is 9.57 Å². The predicted octanol–water partition coefficient (Wildman–Crippen LogP) is 2.47. The van der Waals surface area contributed by atoms with Crippen LogP contribution in [0.3, 0.4) is 0 Å². The molecule has 0 unspecified atom stereocenters. The molecule has 0 amide bonds. The van der Waals surface area contributed by atoms with E-state index in [0.29, 0.717) is 5.75 Å². The Kier molecular flexibility index (Phi) is 3.37. The molecule has 1 aromatic rings. The monoisotopic (exact) mass is 295 g/mol. The third-order valence-corrected chi connectivity index (χ3v) is 2.57. The smallest absolute Gasteiger partial charge is 0.162 e. The number of halogens is 2. The zero-order valence-corrected chi connectivity index (χ0v) is 9.48. The Labute approximate surface area is 87.1 Å². The van der Waals surface area contributed by atoms with Crippen LogP contribution in [0.15, 0.2) is 21.1 Å². The largest absolute Gasteiger partial charge is 0.496 e. The van der Waals surface area contributed by atoms with Gasteiger partial charge in [-0.05, 0) is 37.9 Å². The molecule has 0 fully saturated rings. The first-order valence-electron chi connectivity index (χ1n) is 3.08. The van der Waals surface area contributed by atoms with Crippen molar-refractivity contribution in [3.63, 3.8) is 0 Å². The van der Waals surface area contributed by atoms with Gasteiger partial charge in [-0.25, -0.2) is 0 Å². The quantitative estimate of drug-likeness (QED) is 0.853. The summed E-state index contributed by atoms with van der Waals surface area (Å²) < 4.78 is 6.61. The third-order valence-electron chi connectivity index (χ3n) is 1.33. The van der Waals surface area contributed by atoms with E-state index in [-0.39, 0.29) is 0 Å². The lowest BCUT2D eigenvalue weighted by Crippen LogP contribution is -2.02. The summed E-state index contributed by atoms with van der Waals surface area (Å²) in [6.45, 7) is 0. The number of rotatable bonds is 2. The van der Waals surface area contributed by atoms with Crippen LogP contribution in [-0.2, 0) is 0 Å². The molecule has 0 saturated carbocycles. The number of ether oxygens (including phenoxy) is 1. The van der Waals surface area contributed by atoms with Crippen LogP contribution in [0, 0.1) is 0 Å². The van der Waals surface area contributed by atoms with Crippen molar-refractivity contribution in [2.45, 2.75) is 0 Å². The van der Waals surface area contributed by atoms with E-state index in [2.05, 4.69) is 36.7 Å². The van der Waals surface area contributed by atoms with Gasteiger partial charge in [0.1, 0.15) is 5.75 Å². The maximum absolute atomic E-state index is 5.05. The van der Waals surface area contributed by atoms with Crippen LogP contribution in [0.25, 0.3) is 0 Å². The van der Waals surface area contributed by atoms with Crippen LogP contribution in [0.4, 0.5) is 0 Å². The lowest BCUT2D eigenvalue weighted by Gasteiger charge is -2.06. The number of nitrogens with two attached hydrogens (primary N) is 1. The summed E-state index contributed by atoms with van der Waals surface area (Å²) in [6, 6.07) is 3.50. The molecule has 0 heterocycles. The van der Waals surface area contributed by atoms with Crippen LogP contribution < -0.4 is 15.5 Å². The molecule has 1 aromatic carbocycles. The molecule has 0 bridgehead atoms. The predicted molar refractivity (Wildman–Crippen MR) is 53.2 cm³/mol. The highest BCUT2D eigenvalue weighted by Gasteiger charge is 2.06. The van der Waals surface area contributed by atoms with Crippen molar-refractivity contribution in [2.75, 3.05) is 7.11 Å². The molecule has 0 aliphatic heterocycles. The van der Waals surface area contributed by atoms with E-state index < -0.39 is 0 Å². The van der Waals surface area contributed by atoms with Gasteiger partial charge in [-0.15, -0.1) is 0 Å². The summed E-state index contributed by atoms with van der Waals surface area (Å²) in [6.07, 6.45) is 0. The van der Waals surface area contributed by atoms with Crippen molar-refractivity contribution >= 4 is 31.9 Å². The van der Waals surface area contributed by atoms with Gasteiger partial charge in [-0.3, -0.25) is 0 Å². The van der Waals surface area contributed by atoms with Gasteiger partial charge in [0.05, 0.1) is 16.1 Å². The van der Waals surface area contributed by atoms with E-state index in [9.17, 15) is 0 Å². The molecular weight excluding hydrogens is 290 g/mol. The van der Waals surface area contributed by atoms with Gasteiger partial charge in [-0.1, -0.05) is 0 Å². The number of hydrogen-bond acceptors (Lipinski definition) is 3. The molecule has 0 aliphatic rings. The fourth-order valence-electron chi connectivity index (χ4n) is 0.757. The fraction of sp³-hybridized carbons (Fsp3) is 0.143. The molecule has 1 rings (SSSR count). The fourth-order valence-corrected chi connectivity index (χ4v) is 1.66. The van der Waals surface area contributed by atoms with Crippen molar-refractivity contribution in [2.24, 2.45) is 5.90 Å². The Balaban J connectivity index is 3.16. The van der Waals surface area contributed by atoms with E-state index in [4.69, 9.17) is 10.6 Å². The maximum Gasteiger partial charge on any atom is 0.162 e. The lowest BCUT2D eigenvalue weighted by atomic mass is 10.3. The van der Waals surface area contributed by atoms with Crippen molar-refractivity contribution in [1.29, 1.82) is 0 Å². The second-order valence-corrected chi connectivity index (χ2v) is 3.74.